The quantitative estimate of drug-likeness (QED) is 0.886. The Morgan fingerprint density at radius 1 is 1.40 bits per heavy atom. The highest BCUT2D eigenvalue weighted by Crippen LogP contribution is 2.30. The summed E-state index contributed by atoms with van der Waals surface area (Å²) >= 11 is 0. The summed E-state index contributed by atoms with van der Waals surface area (Å²) < 4.78 is 19.7. The van der Waals surface area contributed by atoms with Crippen LogP contribution in [0.25, 0.3) is 0 Å². The average molecular weight is 280 g/mol. The summed E-state index contributed by atoms with van der Waals surface area (Å²) in [5, 5.41) is 8.80. The second kappa shape index (κ2) is 6.84. The molecule has 2 unspecified atom stereocenters. The van der Waals surface area contributed by atoms with Gasteiger partial charge in [0.1, 0.15) is 5.82 Å². The van der Waals surface area contributed by atoms with Gasteiger partial charge in [-0.15, -0.1) is 0 Å². The third-order valence-corrected chi connectivity index (χ3v) is 4.12. The molecule has 1 aliphatic carbocycles. The summed E-state index contributed by atoms with van der Waals surface area (Å²) in [5.41, 5.74) is 0.394. The molecule has 110 valence electrons. The van der Waals surface area contributed by atoms with Gasteiger partial charge in [-0.1, -0.05) is 32.3 Å². The van der Waals surface area contributed by atoms with Gasteiger partial charge in [-0.3, -0.25) is 0 Å². The van der Waals surface area contributed by atoms with Crippen LogP contribution in [-0.2, 0) is 11.3 Å². The number of carbonyl (C=O) groups is 1. The van der Waals surface area contributed by atoms with Gasteiger partial charge in [0.2, 0.25) is 0 Å². The van der Waals surface area contributed by atoms with Gasteiger partial charge < -0.3 is 9.84 Å². The lowest BCUT2D eigenvalue weighted by Crippen LogP contribution is -2.27. The molecule has 0 saturated heterocycles. The van der Waals surface area contributed by atoms with Crippen LogP contribution in [0.3, 0.4) is 0 Å². The van der Waals surface area contributed by atoms with E-state index in [-0.39, 0.29) is 18.3 Å². The molecule has 0 bridgehead atoms. The number of aromatic carboxylic acids is 1. The minimum Gasteiger partial charge on any atom is -0.478 e. The molecule has 1 aromatic rings. The molecule has 1 saturated carbocycles. The number of ether oxygens (including phenoxy) is 1. The van der Waals surface area contributed by atoms with Crippen LogP contribution in [0.15, 0.2) is 18.2 Å². The Bertz CT molecular complexity index is 473. The summed E-state index contributed by atoms with van der Waals surface area (Å²) in [6.07, 6.45) is 5.93. The number of carboxylic acid groups (broad SMARTS) is 1. The summed E-state index contributed by atoms with van der Waals surface area (Å²) in [5.74, 6) is -1.06. The number of rotatable bonds is 5. The predicted octanol–water partition coefficient (Wildman–Crippen LogP) is 4.01. The Morgan fingerprint density at radius 3 is 2.80 bits per heavy atom. The van der Waals surface area contributed by atoms with Crippen molar-refractivity contribution in [3.05, 3.63) is 35.1 Å². The lowest BCUT2D eigenvalue weighted by Gasteiger charge is -2.30. The van der Waals surface area contributed by atoms with Gasteiger partial charge in [0.25, 0.3) is 0 Å². The van der Waals surface area contributed by atoms with E-state index in [2.05, 4.69) is 6.92 Å². The van der Waals surface area contributed by atoms with Gasteiger partial charge in [-0.25, -0.2) is 9.18 Å². The molecular formula is C16H21FO3. The SMILES string of the molecule is CCC1CCCCC1OCc1ccc(C(=O)O)cc1F. The van der Waals surface area contributed by atoms with Crippen molar-refractivity contribution >= 4 is 5.97 Å². The highest BCUT2D eigenvalue weighted by molar-refractivity contribution is 5.87. The first-order valence-corrected chi connectivity index (χ1v) is 7.25. The van der Waals surface area contributed by atoms with Gasteiger partial charge in [-0.2, -0.15) is 0 Å². The van der Waals surface area contributed by atoms with Crippen LogP contribution in [-0.4, -0.2) is 17.2 Å². The zero-order chi connectivity index (χ0) is 14.5. The normalized spacial score (nSPS) is 22.7. The van der Waals surface area contributed by atoms with E-state index in [9.17, 15) is 9.18 Å². The molecule has 0 spiro atoms. The molecular weight excluding hydrogens is 259 g/mol. The molecule has 0 heterocycles. The summed E-state index contributed by atoms with van der Waals surface area (Å²) in [4.78, 5) is 10.8. The van der Waals surface area contributed by atoms with Crippen molar-refractivity contribution in [3.63, 3.8) is 0 Å². The highest BCUT2D eigenvalue weighted by Gasteiger charge is 2.24. The molecule has 2 rings (SSSR count). The summed E-state index contributed by atoms with van der Waals surface area (Å²) in [6.45, 7) is 2.38. The van der Waals surface area contributed by atoms with Crippen molar-refractivity contribution in [2.24, 2.45) is 5.92 Å². The van der Waals surface area contributed by atoms with Crippen LogP contribution < -0.4 is 0 Å². The second-order valence-electron chi connectivity index (χ2n) is 5.41. The molecule has 1 N–H and O–H groups in total. The highest BCUT2D eigenvalue weighted by atomic mass is 19.1. The molecule has 0 radical (unpaired) electrons. The molecule has 3 nitrogen and oxygen atoms in total. The topological polar surface area (TPSA) is 46.5 Å². The van der Waals surface area contributed by atoms with Crippen molar-refractivity contribution in [3.8, 4) is 0 Å². The number of benzene rings is 1. The number of hydrogen-bond acceptors (Lipinski definition) is 2. The fourth-order valence-electron chi connectivity index (χ4n) is 2.85. The molecule has 1 aromatic carbocycles. The van der Waals surface area contributed by atoms with Crippen LogP contribution >= 0.6 is 0 Å². The Labute approximate surface area is 118 Å². The fourth-order valence-corrected chi connectivity index (χ4v) is 2.85. The van der Waals surface area contributed by atoms with Gasteiger partial charge >= 0.3 is 5.97 Å². The summed E-state index contributed by atoms with van der Waals surface area (Å²) in [7, 11) is 0. The van der Waals surface area contributed by atoms with Gasteiger partial charge in [0, 0.05) is 5.56 Å². The molecule has 0 amide bonds. The lowest BCUT2D eigenvalue weighted by atomic mass is 9.85. The molecule has 1 fully saturated rings. The molecule has 0 aliphatic heterocycles. The van der Waals surface area contributed by atoms with Crippen LogP contribution in [0.4, 0.5) is 4.39 Å². The van der Waals surface area contributed by atoms with Gasteiger partial charge in [0.15, 0.2) is 0 Å². The number of carboxylic acids is 1. The molecule has 20 heavy (non-hydrogen) atoms. The standard InChI is InChI=1S/C16H21FO3/c1-2-11-5-3-4-6-15(11)20-10-13-8-7-12(16(18)19)9-14(13)17/h7-9,11,15H,2-6,10H2,1H3,(H,18,19). The maximum atomic E-state index is 13.8. The van der Waals surface area contributed by atoms with Crippen LogP contribution in [0.2, 0.25) is 0 Å². The van der Waals surface area contributed by atoms with Crippen molar-refractivity contribution in [2.45, 2.75) is 51.7 Å². The predicted molar refractivity (Wildman–Crippen MR) is 74.2 cm³/mol. The maximum absolute atomic E-state index is 13.8. The van der Waals surface area contributed by atoms with E-state index in [1.807, 2.05) is 0 Å². The van der Waals surface area contributed by atoms with Crippen molar-refractivity contribution < 1.29 is 19.0 Å². The van der Waals surface area contributed by atoms with Gasteiger partial charge in [-0.05, 0) is 30.9 Å². The third-order valence-electron chi connectivity index (χ3n) is 4.12. The lowest BCUT2D eigenvalue weighted by molar-refractivity contribution is -0.0231. The Balaban J connectivity index is 1.98. The van der Waals surface area contributed by atoms with Gasteiger partial charge in [0.05, 0.1) is 18.3 Å². The van der Waals surface area contributed by atoms with E-state index in [1.54, 1.807) is 0 Å². The first-order chi connectivity index (χ1) is 9.61. The van der Waals surface area contributed by atoms with E-state index in [1.165, 1.54) is 31.4 Å². The van der Waals surface area contributed by atoms with E-state index >= 15 is 0 Å². The minimum absolute atomic E-state index is 0.0321. The largest absolute Gasteiger partial charge is 0.478 e. The third kappa shape index (κ3) is 3.57. The Kier molecular flexibility index (Phi) is 5.12. The number of hydrogen-bond donors (Lipinski definition) is 1. The van der Waals surface area contributed by atoms with E-state index < -0.39 is 11.8 Å². The van der Waals surface area contributed by atoms with E-state index in [0.29, 0.717) is 11.5 Å². The first kappa shape index (κ1) is 15.0. The maximum Gasteiger partial charge on any atom is 0.335 e. The first-order valence-electron chi connectivity index (χ1n) is 7.25. The Hall–Kier alpha value is -1.42. The van der Waals surface area contributed by atoms with E-state index in [4.69, 9.17) is 9.84 Å². The van der Waals surface area contributed by atoms with Crippen LogP contribution in [0.5, 0.6) is 0 Å². The average Bonchev–Trinajstić information content (AvgIpc) is 2.46. The number of halogens is 1. The van der Waals surface area contributed by atoms with Crippen molar-refractivity contribution in [1.82, 2.24) is 0 Å². The zero-order valence-corrected chi connectivity index (χ0v) is 11.8. The minimum atomic E-state index is -1.12. The molecule has 1 aliphatic rings. The molecule has 2 atom stereocenters. The molecule has 0 aromatic heterocycles. The fraction of sp³-hybridized carbons (Fsp3) is 0.562. The monoisotopic (exact) mass is 280 g/mol. The van der Waals surface area contributed by atoms with Crippen LogP contribution in [0.1, 0.15) is 54.9 Å². The van der Waals surface area contributed by atoms with E-state index in [0.717, 1.165) is 18.9 Å². The van der Waals surface area contributed by atoms with Crippen molar-refractivity contribution in [1.29, 1.82) is 0 Å². The van der Waals surface area contributed by atoms with Crippen LogP contribution in [0, 0.1) is 11.7 Å². The Morgan fingerprint density at radius 2 is 2.15 bits per heavy atom. The second-order valence-corrected chi connectivity index (χ2v) is 5.41. The van der Waals surface area contributed by atoms with Crippen molar-refractivity contribution in [2.75, 3.05) is 0 Å². The molecule has 4 heteroatoms. The zero-order valence-electron chi connectivity index (χ0n) is 11.8. The smallest absolute Gasteiger partial charge is 0.335 e. The summed E-state index contributed by atoms with van der Waals surface area (Å²) in [6, 6.07) is 3.98.